The molecule has 0 aliphatic rings. The van der Waals surface area contributed by atoms with Gasteiger partial charge in [0, 0.05) is 22.5 Å². The van der Waals surface area contributed by atoms with Crippen LogP contribution < -0.4 is 5.32 Å². The van der Waals surface area contributed by atoms with Gasteiger partial charge in [-0.1, -0.05) is 34.9 Å². The third-order valence-corrected chi connectivity index (χ3v) is 3.90. The Balaban J connectivity index is 2.22. The minimum absolute atomic E-state index is 0.263. The lowest BCUT2D eigenvalue weighted by Crippen LogP contribution is -2.32. The number of nitrogens with zero attached hydrogens (tertiary/aromatic N) is 2. The van der Waals surface area contributed by atoms with Gasteiger partial charge in [-0.15, -0.1) is 0 Å². The summed E-state index contributed by atoms with van der Waals surface area (Å²) in [6.07, 6.45) is 0.647. The summed E-state index contributed by atoms with van der Waals surface area (Å²) in [5, 5.41) is 7.15. The SMILES string of the molecule is CNC(Cc1nc(-c2cc(F)ccc2Br)no1)C(C)C. The van der Waals surface area contributed by atoms with Crippen molar-refractivity contribution in [3.05, 3.63) is 34.4 Å². The molecule has 0 saturated carbocycles. The van der Waals surface area contributed by atoms with Gasteiger partial charge < -0.3 is 9.84 Å². The number of nitrogens with one attached hydrogen (secondary N) is 1. The van der Waals surface area contributed by atoms with E-state index in [1.807, 2.05) is 7.05 Å². The first-order valence-corrected chi connectivity index (χ1v) is 7.26. The van der Waals surface area contributed by atoms with Gasteiger partial charge >= 0.3 is 0 Å². The van der Waals surface area contributed by atoms with Crippen LogP contribution in [0, 0.1) is 11.7 Å². The smallest absolute Gasteiger partial charge is 0.228 e. The highest BCUT2D eigenvalue weighted by Gasteiger charge is 2.18. The summed E-state index contributed by atoms with van der Waals surface area (Å²) < 4.78 is 19.3. The fourth-order valence-electron chi connectivity index (χ4n) is 1.98. The van der Waals surface area contributed by atoms with Gasteiger partial charge in [0.05, 0.1) is 0 Å². The summed E-state index contributed by atoms with van der Waals surface area (Å²) in [6.45, 7) is 4.25. The van der Waals surface area contributed by atoms with E-state index in [9.17, 15) is 4.39 Å². The lowest BCUT2D eigenvalue weighted by molar-refractivity contribution is 0.335. The molecular formula is C14H17BrFN3O. The monoisotopic (exact) mass is 341 g/mol. The van der Waals surface area contributed by atoms with E-state index in [4.69, 9.17) is 4.52 Å². The van der Waals surface area contributed by atoms with Crippen molar-refractivity contribution in [3.8, 4) is 11.4 Å². The highest BCUT2D eigenvalue weighted by Crippen LogP contribution is 2.27. The highest BCUT2D eigenvalue weighted by molar-refractivity contribution is 9.10. The van der Waals surface area contributed by atoms with Crippen LogP contribution in [0.1, 0.15) is 19.7 Å². The van der Waals surface area contributed by atoms with E-state index in [1.54, 1.807) is 6.07 Å². The van der Waals surface area contributed by atoms with Gasteiger partial charge in [0.25, 0.3) is 0 Å². The molecule has 0 radical (unpaired) electrons. The fraction of sp³-hybridized carbons (Fsp3) is 0.429. The molecule has 0 spiro atoms. The zero-order chi connectivity index (χ0) is 14.7. The summed E-state index contributed by atoms with van der Waals surface area (Å²) in [4.78, 5) is 4.34. The molecule has 0 saturated heterocycles. The van der Waals surface area contributed by atoms with Gasteiger partial charge in [-0.3, -0.25) is 0 Å². The van der Waals surface area contributed by atoms with Crippen molar-refractivity contribution in [2.75, 3.05) is 7.05 Å². The average Bonchev–Trinajstić information content (AvgIpc) is 2.86. The number of halogens is 2. The molecule has 0 bridgehead atoms. The third kappa shape index (κ3) is 3.43. The first-order valence-electron chi connectivity index (χ1n) is 6.46. The molecule has 20 heavy (non-hydrogen) atoms. The van der Waals surface area contributed by atoms with E-state index < -0.39 is 0 Å². The highest BCUT2D eigenvalue weighted by atomic mass is 79.9. The second-order valence-corrected chi connectivity index (χ2v) is 5.83. The van der Waals surface area contributed by atoms with Crippen LogP contribution in [0.4, 0.5) is 4.39 Å². The summed E-state index contributed by atoms with van der Waals surface area (Å²) in [5.74, 6) is 1.07. The van der Waals surface area contributed by atoms with E-state index in [2.05, 4.69) is 45.2 Å². The van der Waals surface area contributed by atoms with Crippen molar-refractivity contribution in [2.24, 2.45) is 5.92 Å². The van der Waals surface area contributed by atoms with Gasteiger partial charge in [-0.05, 0) is 31.2 Å². The quantitative estimate of drug-likeness (QED) is 0.905. The summed E-state index contributed by atoms with van der Waals surface area (Å²) >= 11 is 3.36. The number of aromatic nitrogens is 2. The number of likely N-dealkylation sites (N-methyl/N-ethyl adjacent to an activating group) is 1. The third-order valence-electron chi connectivity index (χ3n) is 3.21. The van der Waals surface area contributed by atoms with Gasteiger partial charge in [0.1, 0.15) is 5.82 Å². The Morgan fingerprint density at radius 1 is 1.40 bits per heavy atom. The number of hydrogen-bond acceptors (Lipinski definition) is 4. The lowest BCUT2D eigenvalue weighted by atomic mass is 10.0. The Kier molecular flexibility index (Phi) is 4.88. The van der Waals surface area contributed by atoms with Crippen LogP contribution in [0.5, 0.6) is 0 Å². The molecule has 0 amide bonds. The van der Waals surface area contributed by atoms with E-state index in [1.165, 1.54) is 12.1 Å². The molecule has 0 aliphatic heterocycles. The molecule has 108 valence electrons. The first-order chi connectivity index (χ1) is 9.51. The molecule has 2 rings (SSSR count). The fourth-order valence-corrected chi connectivity index (χ4v) is 2.40. The summed E-state index contributed by atoms with van der Waals surface area (Å²) in [6, 6.07) is 4.66. The molecule has 1 unspecified atom stereocenters. The van der Waals surface area contributed by atoms with Crippen LogP contribution in [-0.2, 0) is 6.42 Å². The van der Waals surface area contributed by atoms with E-state index >= 15 is 0 Å². The molecule has 4 nitrogen and oxygen atoms in total. The molecular weight excluding hydrogens is 325 g/mol. The van der Waals surface area contributed by atoms with E-state index in [-0.39, 0.29) is 11.9 Å². The maximum atomic E-state index is 13.3. The van der Waals surface area contributed by atoms with Crippen LogP contribution >= 0.6 is 15.9 Å². The summed E-state index contributed by atoms with van der Waals surface area (Å²) in [7, 11) is 1.91. The van der Waals surface area contributed by atoms with Gasteiger partial charge in [-0.2, -0.15) is 4.98 Å². The molecule has 2 aromatic rings. The molecule has 1 atom stereocenters. The van der Waals surface area contributed by atoms with Crippen molar-refractivity contribution in [2.45, 2.75) is 26.3 Å². The van der Waals surface area contributed by atoms with Crippen molar-refractivity contribution in [3.63, 3.8) is 0 Å². The van der Waals surface area contributed by atoms with Crippen LogP contribution in [0.3, 0.4) is 0 Å². The van der Waals surface area contributed by atoms with Gasteiger partial charge in [-0.25, -0.2) is 4.39 Å². The largest absolute Gasteiger partial charge is 0.339 e. The first kappa shape index (κ1) is 15.1. The Hall–Kier alpha value is -1.27. The predicted octanol–water partition coefficient (Wildman–Crippen LogP) is 3.42. The number of benzene rings is 1. The molecule has 1 aromatic carbocycles. The Morgan fingerprint density at radius 2 is 2.15 bits per heavy atom. The Morgan fingerprint density at radius 3 is 2.80 bits per heavy atom. The molecule has 6 heteroatoms. The van der Waals surface area contributed by atoms with Crippen molar-refractivity contribution in [1.82, 2.24) is 15.5 Å². The van der Waals surface area contributed by atoms with Crippen LogP contribution in [0.15, 0.2) is 27.2 Å². The van der Waals surface area contributed by atoms with Crippen molar-refractivity contribution in [1.29, 1.82) is 0 Å². The number of rotatable bonds is 5. The minimum atomic E-state index is -0.329. The van der Waals surface area contributed by atoms with Crippen molar-refractivity contribution < 1.29 is 8.91 Å². The zero-order valence-electron chi connectivity index (χ0n) is 11.7. The average molecular weight is 342 g/mol. The standard InChI is InChI=1S/C14H17BrFN3O/c1-8(2)12(17-3)7-13-18-14(19-20-13)10-6-9(16)4-5-11(10)15/h4-6,8,12,17H,7H2,1-3H3. The van der Waals surface area contributed by atoms with Crippen molar-refractivity contribution >= 4 is 15.9 Å². The molecule has 0 fully saturated rings. The van der Waals surface area contributed by atoms with E-state index in [0.717, 1.165) is 4.47 Å². The van der Waals surface area contributed by atoms with Gasteiger partial charge in [0.15, 0.2) is 0 Å². The second-order valence-electron chi connectivity index (χ2n) is 4.98. The Bertz CT molecular complexity index is 586. The number of hydrogen-bond donors (Lipinski definition) is 1. The maximum absolute atomic E-state index is 13.3. The molecule has 1 heterocycles. The topological polar surface area (TPSA) is 51.0 Å². The van der Waals surface area contributed by atoms with E-state index in [0.29, 0.717) is 29.6 Å². The molecule has 1 N–H and O–H groups in total. The second kappa shape index (κ2) is 6.45. The molecule has 1 aromatic heterocycles. The van der Waals surface area contributed by atoms with Crippen LogP contribution in [-0.4, -0.2) is 23.2 Å². The summed E-state index contributed by atoms with van der Waals surface area (Å²) in [5.41, 5.74) is 0.588. The minimum Gasteiger partial charge on any atom is -0.339 e. The molecule has 0 aliphatic carbocycles. The van der Waals surface area contributed by atoms with Crippen LogP contribution in [0.2, 0.25) is 0 Å². The maximum Gasteiger partial charge on any atom is 0.228 e. The predicted molar refractivity (Wildman–Crippen MR) is 78.8 cm³/mol. The lowest BCUT2D eigenvalue weighted by Gasteiger charge is -2.17. The normalized spacial score (nSPS) is 12.9. The Labute approximate surface area is 125 Å². The van der Waals surface area contributed by atoms with Gasteiger partial charge in [0.2, 0.25) is 11.7 Å². The zero-order valence-corrected chi connectivity index (χ0v) is 13.2. The van der Waals surface area contributed by atoms with Crippen LogP contribution in [0.25, 0.3) is 11.4 Å².